The molecule has 1 aliphatic heterocycles. The van der Waals surface area contributed by atoms with Gasteiger partial charge in [-0.05, 0) is 57.4 Å². The zero-order chi connectivity index (χ0) is 11.6. The molecule has 0 N–H and O–H groups in total. The Hall–Kier alpha value is -0.0831. The van der Waals surface area contributed by atoms with Gasteiger partial charge >= 0.3 is 0 Å². The van der Waals surface area contributed by atoms with Gasteiger partial charge in [0.1, 0.15) is 0 Å². The van der Waals surface area contributed by atoms with Crippen LogP contribution in [0.4, 0.5) is 0 Å². The minimum absolute atomic E-state index is 0.187. The molecule has 94 valence electrons. The largest absolute Gasteiger partial charge is 0.304 e. The average molecular weight is 239 g/mol. The molecule has 1 rings (SSSR count). The van der Waals surface area contributed by atoms with E-state index in [2.05, 4.69) is 24.8 Å². The van der Waals surface area contributed by atoms with Gasteiger partial charge in [0.2, 0.25) is 0 Å². The van der Waals surface area contributed by atoms with Crippen LogP contribution >= 0.6 is 0 Å². The van der Waals surface area contributed by atoms with Crippen molar-refractivity contribution in [2.24, 2.45) is 0 Å². The maximum absolute atomic E-state index is 2.68. The van der Waals surface area contributed by atoms with Crippen molar-refractivity contribution in [1.82, 2.24) is 4.90 Å². The summed E-state index contributed by atoms with van der Waals surface area (Å²) in [6.45, 7) is 8.71. The summed E-state index contributed by atoms with van der Waals surface area (Å²) in [6.07, 6.45) is 9.40. The first-order valence-corrected chi connectivity index (χ1v) is 9.27. The first-order valence-electron chi connectivity index (χ1n) is 7.27. The highest BCUT2D eigenvalue weighted by Gasteiger charge is 2.08. The number of allylic oxidation sites excluding steroid dienone is 2. The Morgan fingerprint density at radius 2 is 1.81 bits per heavy atom. The molecule has 1 fully saturated rings. The Morgan fingerprint density at radius 3 is 2.44 bits per heavy atom. The SMILES string of the molecule is CCC(=CC[SiH2]CCN1CCCCC1)CC. The van der Waals surface area contributed by atoms with Crippen molar-refractivity contribution in [2.45, 2.75) is 58.0 Å². The fourth-order valence-electron chi connectivity index (χ4n) is 2.51. The molecule has 0 unspecified atom stereocenters. The highest BCUT2D eigenvalue weighted by atomic mass is 28.2. The quantitative estimate of drug-likeness (QED) is 0.374. The highest BCUT2D eigenvalue weighted by Crippen LogP contribution is 2.10. The van der Waals surface area contributed by atoms with E-state index < -0.39 is 0 Å². The van der Waals surface area contributed by atoms with Gasteiger partial charge in [-0.15, -0.1) is 0 Å². The molecule has 1 aliphatic rings. The van der Waals surface area contributed by atoms with E-state index >= 15 is 0 Å². The van der Waals surface area contributed by atoms with Crippen LogP contribution < -0.4 is 0 Å². The van der Waals surface area contributed by atoms with Gasteiger partial charge in [-0.1, -0.05) is 31.9 Å². The first-order chi connectivity index (χ1) is 7.86. The normalized spacial score (nSPS) is 18.1. The number of hydrogen-bond donors (Lipinski definition) is 0. The van der Waals surface area contributed by atoms with Crippen LogP contribution in [0.1, 0.15) is 46.0 Å². The number of hydrogen-bond acceptors (Lipinski definition) is 1. The van der Waals surface area contributed by atoms with Crippen molar-refractivity contribution in [2.75, 3.05) is 19.6 Å². The second kappa shape index (κ2) is 9.00. The fraction of sp³-hybridized carbons (Fsp3) is 0.857. The molecule has 0 atom stereocenters. The van der Waals surface area contributed by atoms with E-state index in [9.17, 15) is 0 Å². The second-order valence-corrected chi connectivity index (χ2v) is 6.96. The van der Waals surface area contributed by atoms with Crippen molar-refractivity contribution in [3.05, 3.63) is 11.6 Å². The lowest BCUT2D eigenvalue weighted by molar-refractivity contribution is 0.240. The lowest BCUT2D eigenvalue weighted by Crippen LogP contribution is -2.30. The Kier molecular flexibility index (Phi) is 7.86. The third kappa shape index (κ3) is 5.85. The maximum Gasteiger partial charge on any atom is 0.0254 e. The summed E-state index contributed by atoms with van der Waals surface area (Å²) in [6, 6.07) is 2.96. The molecule has 0 bridgehead atoms. The second-order valence-electron chi connectivity index (χ2n) is 4.97. The molecule has 0 aromatic rings. The summed E-state index contributed by atoms with van der Waals surface area (Å²) in [5, 5.41) is 0. The first kappa shape index (κ1) is 14.0. The number of likely N-dealkylation sites (tertiary alicyclic amines) is 1. The van der Waals surface area contributed by atoms with Gasteiger partial charge in [-0.3, -0.25) is 0 Å². The monoisotopic (exact) mass is 239 g/mol. The van der Waals surface area contributed by atoms with E-state index in [1.54, 1.807) is 5.57 Å². The Bertz CT molecular complexity index is 189. The molecule has 0 amide bonds. The van der Waals surface area contributed by atoms with Crippen LogP contribution in [-0.4, -0.2) is 34.1 Å². The van der Waals surface area contributed by atoms with Gasteiger partial charge in [0.15, 0.2) is 0 Å². The van der Waals surface area contributed by atoms with E-state index in [1.165, 1.54) is 63.8 Å². The van der Waals surface area contributed by atoms with Crippen molar-refractivity contribution < 1.29 is 0 Å². The molecule has 1 heterocycles. The Labute approximate surface area is 104 Å². The van der Waals surface area contributed by atoms with Gasteiger partial charge in [-0.25, -0.2) is 0 Å². The topological polar surface area (TPSA) is 3.24 Å². The molecule has 0 aromatic carbocycles. The predicted octanol–water partition coefficient (Wildman–Crippen LogP) is 3.22. The maximum atomic E-state index is 2.68. The van der Waals surface area contributed by atoms with Crippen molar-refractivity contribution in [3.63, 3.8) is 0 Å². The van der Waals surface area contributed by atoms with Crippen LogP contribution in [0.15, 0.2) is 11.6 Å². The zero-order valence-electron chi connectivity index (χ0n) is 11.3. The van der Waals surface area contributed by atoms with E-state index in [0.717, 1.165) is 0 Å². The van der Waals surface area contributed by atoms with Crippen LogP contribution in [0.25, 0.3) is 0 Å². The minimum Gasteiger partial charge on any atom is -0.304 e. The number of nitrogens with zero attached hydrogens (tertiary/aromatic N) is 1. The molecule has 1 nitrogen and oxygen atoms in total. The predicted molar refractivity (Wildman–Crippen MR) is 77.1 cm³/mol. The molecular formula is C14H29NSi. The van der Waals surface area contributed by atoms with Crippen LogP contribution in [0.2, 0.25) is 12.1 Å². The van der Waals surface area contributed by atoms with Crippen LogP contribution in [-0.2, 0) is 0 Å². The fourth-order valence-corrected chi connectivity index (χ4v) is 4.08. The molecule has 0 aliphatic carbocycles. The molecule has 0 aromatic heterocycles. The average Bonchev–Trinajstić information content (AvgIpc) is 2.35. The van der Waals surface area contributed by atoms with Crippen molar-refractivity contribution in [1.29, 1.82) is 0 Å². The van der Waals surface area contributed by atoms with Crippen LogP contribution in [0.3, 0.4) is 0 Å². The molecule has 2 heteroatoms. The summed E-state index contributed by atoms with van der Waals surface area (Å²) in [7, 11) is 0.187. The van der Waals surface area contributed by atoms with Gasteiger partial charge in [0.05, 0.1) is 0 Å². The molecule has 0 radical (unpaired) electrons. The number of piperidine rings is 1. The smallest absolute Gasteiger partial charge is 0.0254 e. The standard InChI is InChI=1S/C14H29NSi/c1-3-14(4-2)8-12-16-13-11-15-9-6-5-7-10-15/h8H,3-7,9-13,16H2,1-2H3. The Morgan fingerprint density at radius 1 is 1.12 bits per heavy atom. The van der Waals surface area contributed by atoms with E-state index in [1.807, 2.05) is 0 Å². The van der Waals surface area contributed by atoms with Gasteiger partial charge < -0.3 is 4.90 Å². The van der Waals surface area contributed by atoms with Gasteiger partial charge in [0.25, 0.3) is 0 Å². The summed E-state index contributed by atoms with van der Waals surface area (Å²) in [4.78, 5) is 2.68. The van der Waals surface area contributed by atoms with E-state index in [0.29, 0.717) is 0 Å². The van der Waals surface area contributed by atoms with Crippen LogP contribution in [0.5, 0.6) is 0 Å². The third-order valence-electron chi connectivity index (χ3n) is 3.72. The third-order valence-corrected chi connectivity index (χ3v) is 5.23. The molecule has 16 heavy (non-hydrogen) atoms. The molecule has 1 saturated heterocycles. The molecule has 0 saturated carbocycles. The zero-order valence-corrected chi connectivity index (χ0v) is 12.7. The van der Waals surface area contributed by atoms with E-state index in [-0.39, 0.29) is 9.52 Å². The summed E-state index contributed by atoms with van der Waals surface area (Å²) in [5.41, 5.74) is 1.67. The van der Waals surface area contributed by atoms with Crippen molar-refractivity contribution >= 4 is 9.52 Å². The van der Waals surface area contributed by atoms with Crippen LogP contribution in [0, 0.1) is 0 Å². The van der Waals surface area contributed by atoms with Gasteiger partial charge in [0, 0.05) is 9.52 Å². The van der Waals surface area contributed by atoms with Gasteiger partial charge in [-0.2, -0.15) is 0 Å². The Balaban J connectivity index is 2.00. The minimum atomic E-state index is 0.187. The summed E-state index contributed by atoms with van der Waals surface area (Å²) >= 11 is 0. The number of rotatable bonds is 7. The molecular weight excluding hydrogens is 210 g/mol. The van der Waals surface area contributed by atoms with Crippen molar-refractivity contribution in [3.8, 4) is 0 Å². The van der Waals surface area contributed by atoms with E-state index in [4.69, 9.17) is 0 Å². The highest BCUT2D eigenvalue weighted by molar-refractivity contribution is 6.36. The lowest BCUT2D eigenvalue weighted by atomic mass is 10.1. The summed E-state index contributed by atoms with van der Waals surface area (Å²) in [5.74, 6) is 0. The molecule has 0 spiro atoms. The summed E-state index contributed by atoms with van der Waals surface area (Å²) < 4.78 is 0. The lowest BCUT2D eigenvalue weighted by Gasteiger charge is -2.26.